The van der Waals surface area contributed by atoms with Gasteiger partial charge >= 0.3 is 0 Å². The minimum Gasteiger partial charge on any atom is -0.496 e. The number of fused-ring (bicyclic) bond motifs is 1. The summed E-state index contributed by atoms with van der Waals surface area (Å²) in [6.07, 6.45) is 6.74. The molecule has 5 rings (SSSR count). The molecule has 0 atom stereocenters. The molecule has 2 aliphatic heterocycles. The number of anilines is 1. The first kappa shape index (κ1) is 35.6. The van der Waals surface area contributed by atoms with Gasteiger partial charge in [0, 0.05) is 101 Å². The highest BCUT2D eigenvalue weighted by Crippen LogP contribution is 2.41. The van der Waals surface area contributed by atoms with E-state index in [0.29, 0.717) is 41.8 Å². The number of methoxy groups -OCH3 is 1. The number of aromatic nitrogens is 1. The first-order chi connectivity index (χ1) is 23.7. The van der Waals surface area contributed by atoms with E-state index < -0.39 is 5.82 Å². The predicted octanol–water partition coefficient (Wildman–Crippen LogP) is 3.44. The molecular weight excluding hydrogens is 625 g/mol. The molecule has 4 N–H and O–H groups in total. The van der Waals surface area contributed by atoms with Gasteiger partial charge in [0.25, 0.3) is 5.91 Å². The number of ether oxygens (including phenoxy) is 1. The Hall–Kier alpha value is -4.75. The molecule has 0 spiro atoms. The fourth-order valence-corrected chi connectivity index (χ4v) is 6.51. The van der Waals surface area contributed by atoms with Crippen LogP contribution in [0.4, 0.5) is 10.1 Å². The number of hydrogen-bond donors (Lipinski definition) is 3. The zero-order chi connectivity index (χ0) is 34.9. The fourth-order valence-electron chi connectivity index (χ4n) is 6.51. The Morgan fingerprint density at radius 1 is 1.08 bits per heavy atom. The van der Waals surface area contributed by atoms with Crippen molar-refractivity contribution in [1.82, 2.24) is 25.0 Å². The minimum absolute atomic E-state index is 0.0658. The van der Waals surface area contributed by atoms with Crippen molar-refractivity contribution >= 4 is 46.4 Å². The molecule has 0 saturated carbocycles. The number of H-pyrrole nitrogens is 1. The van der Waals surface area contributed by atoms with Crippen molar-refractivity contribution in [2.45, 2.75) is 19.3 Å². The van der Waals surface area contributed by atoms with Gasteiger partial charge in [-0.25, -0.2) is 4.39 Å². The van der Waals surface area contributed by atoms with Gasteiger partial charge in [-0.1, -0.05) is 6.08 Å². The third kappa shape index (κ3) is 8.28. The van der Waals surface area contributed by atoms with Gasteiger partial charge in [0.05, 0.1) is 18.8 Å². The lowest BCUT2D eigenvalue weighted by Crippen LogP contribution is -2.46. The third-order valence-corrected chi connectivity index (χ3v) is 9.17. The van der Waals surface area contributed by atoms with Crippen LogP contribution >= 0.6 is 0 Å². The van der Waals surface area contributed by atoms with Gasteiger partial charge in [0.1, 0.15) is 11.4 Å². The summed E-state index contributed by atoms with van der Waals surface area (Å²) in [4.78, 5) is 41.3. The van der Waals surface area contributed by atoms with Gasteiger partial charge < -0.3 is 35.6 Å². The van der Waals surface area contributed by atoms with E-state index in [1.807, 2.05) is 31.3 Å². The number of piperazine rings is 1. The largest absolute Gasteiger partial charge is 0.496 e. The van der Waals surface area contributed by atoms with Crippen LogP contribution in [0, 0.1) is 5.82 Å². The number of aromatic amines is 1. The molecule has 49 heavy (non-hydrogen) atoms. The Morgan fingerprint density at radius 3 is 2.59 bits per heavy atom. The van der Waals surface area contributed by atoms with Crippen molar-refractivity contribution in [3.05, 3.63) is 53.5 Å². The van der Waals surface area contributed by atoms with Crippen LogP contribution in [0.5, 0.6) is 5.75 Å². The summed E-state index contributed by atoms with van der Waals surface area (Å²) in [5.74, 6) is 4.95. The molecular formula is C36H48FN9O3. The lowest BCUT2D eigenvalue weighted by Gasteiger charge is -2.36. The van der Waals surface area contributed by atoms with Crippen LogP contribution in [0.2, 0.25) is 0 Å². The van der Waals surface area contributed by atoms with Crippen molar-refractivity contribution in [1.29, 1.82) is 0 Å². The Balaban J connectivity index is 1.48. The first-order valence-corrected chi connectivity index (χ1v) is 16.8. The number of rotatable bonds is 13. The molecule has 1 saturated heterocycles. The molecule has 2 aliphatic rings. The SMILES string of the molecule is CNCCCN1CCN(c2ccc(-c3cc(C4=CCCN(C(=O)CCN=C/C=N\N)C4)c(F)c4[nH]c(C(=O)N(C)C)cc34)c(OC)c2)CC1. The zero-order valence-electron chi connectivity index (χ0n) is 29.0. The second-order valence-electron chi connectivity index (χ2n) is 12.6. The number of nitrogens with one attached hydrogen (secondary N) is 2. The van der Waals surface area contributed by atoms with E-state index in [4.69, 9.17) is 10.6 Å². The van der Waals surface area contributed by atoms with Crippen molar-refractivity contribution in [2.24, 2.45) is 15.9 Å². The van der Waals surface area contributed by atoms with Crippen LogP contribution in [0.3, 0.4) is 0 Å². The van der Waals surface area contributed by atoms with Crippen LogP contribution < -0.4 is 20.8 Å². The fraction of sp³-hybridized carbons (Fsp3) is 0.444. The number of carbonyl (C=O) groups is 2. The second kappa shape index (κ2) is 16.6. The standard InChI is InChI=1S/C36H48FN9O3/c1-39-11-6-15-44-17-19-45(20-18-44)26-8-9-27(32(21-26)49-4)29-22-28(34(37)35-30(29)23-31(42-35)36(48)43(2)3)25-7-5-16-46(24-25)33(47)10-12-40-13-14-41-38/h7-9,13-14,21-23,39,42H,5-6,10-12,15-20,24,38H2,1-4H3/b40-13?,41-14-. The van der Waals surface area contributed by atoms with Crippen molar-refractivity contribution in [3.63, 3.8) is 0 Å². The summed E-state index contributed by atoms with van der Waals surface area (Å²) in [6.45, 7) is 7.01. The second-order valence-corrected chi connectivity index (χ2v) is 12.6. The van der Waals surface area contributed by atoms with E-state index in [1.165, 1.54) is 17.3 Å². The molecule has 1 fully saturated rings. The molecule has 13 heteroatoms. The van der Waals surface area contributed by atoms with Gasteiger partial charge in [-0.2, -0.15) is 5.10 Å². The zero-order valence-corrected chi connectivity index (χ0v) is 29.0. The highest BCUT2D eigenvalue weighted by Gasteiger charge is 2.26. The van der Waals surface area contributed by atoms with Gasteiger partial charge in [0.15, 0.2) is 5.82 Å². The molecule has 0 aliphatic carbocycles. The van der Waals surface area contributed by atoms with E-state index in [-0.39, 0.29) is 36.0 Å². The quantitative estimate of drug-likeness (QED) is 0.110. The average molecular weight is 674 g/mol. The maximum atomic E-state index is 16.5. The first-order valence-electron chi connectivity index (χ1n) is 16.8. The molecule has 12 nitrogen and oxygen atoms in total. The van der Waals surface area contributed by atoms with E-state index in [2.05, 4.69) is 36.3 Å². The van der Waals surface area contributed by atoms with Crippen LogP contribution in [-0.4, -0.2) is 131 Å². The van der Waals surface area contributed by atoms with E-state index in [0.717, 1.165) is 62.5 Å². The molecule has 1 aromatic heterocycles. The summed E-state index contributed by atoms with van der Waals surface area (Å²) in [5, 5.41) is 7.16. The molecule has 262 valence electrons. The lowest BCUT2D eigenvalue weighted by molar-refractivity contribution is -0.130. The predicted molar refractivity (Wildman–Crippen MR) is 195 cm³/mol. The van der Waals surface area contributed by atoms with Gasteiger partial charge in [-0.05, 0) is 68.4 Å². The number of nitrogens with two attached hydrogens (primary N) is 1. The maximum Gasteiger partial charge on any atom is 0.269 e. The normalized spacial score (nSPS) is 15.8. The van der Waals surface area contributed by atoms with Crippen LogP contribution in [0.25, 0.3) is 27.6 Å². The van der Waals surface area contributed by atoms with E-state index in [1.54, 1.807) is 32.2 Å². The maximum absolute atomic E-state index is 16.5. The van der Waals surface area contributed by atoms with Crippen LogP contribution in [-0.2, 0) is 4.79 Å². The Bertz CT molecular complexity index is 1720. The molecule has 3 heterocycles. The number of hydrazone groups is 1. The highest BCUT2D eigenvalue weighted by atomic mass is 19.1. The number of aliphatic imine (C=N–C) groups is 1. The summed E-state index contributed by atoms with van der Waals surface area (Å²) < 4.78 is 22.5. The summed E-state index contributed by atoms with van der Waals surface area (Å²) >= 11 is 0. The summed E-state index contributed by atoms with van der Waals surface area (Å²) in [7, 11) is 6.95. The molecule has 0 unspecified atom stereocenters. The van der Waals surface area contributed by atoms with Gasteiger partial charge in [-0.3, -0.25) is 19.5 Å². The van der Waals surface area contributed by atoms with Crippen LogP contribution in [0.1, 0.15) is 35.3 Å². The Labute approximate surface area is 287 Å². The van der Waals surface area contributed by atoms with E-state index in [9.17, 15) is 9.59 Å². The third-order valence-electron chi connectivity index (χ3n) is 9.17. The molecule has 2 amide bonds. The topological polar surface area (TPSA) is 135 Å². The van der Waals surface area contributed by atoms with Crippen molar-refractivity contribution in [2.75, 3.05) is 92.1 Å². The average Bonchev–Trinajstić information content (AvgIpc) is 3.58. The van der Waals surface area contributed by atoms with Crippen molar-refractivity contribution < 1.29 is 18.7 Å². The number of halogens is 1. The molecule has 0 bridgehead atoms. The van der Waals surface area contributed by atoms with Gasteiger partial charge in [-0.15, -0.1) is 0 Å². The molecule has 3 aromatic rings. The summed E-state index contributed by atoms with van der Waals surface area (Å²) in [6, 6.07) is 9.69. The molecule has 2 aromatic carbocycles. The van der Waals surface area contributed by atoms with Crippen LogP contribution in [0.15, 0.2) is 46.5 Å². The number of amides is 2. The minimum atomic E-state index is -0.467. The lowest BCUT2D eigenvalue weighted by atomic mass is 9.92. The number of hydrogen-bond acceptors (Lipinski definition) is 9. The van der Waals surface area contributed by atoms with Crippen molar-refractivity contribution in [3.8, 4) is 16.9 Å². The Morgan fingerprint density at radius 2 is 1.88 bits per heavy atom. The summed E-state index contributed by atoms with van der Waals surface area (Å²) in [5.41, 5.74) is 4.19. The Kier molecular flexibility index (Phi) is 12.0. The number of benzene rings is 2. The molecule has 0 radical (unpaired) electrons. The smallest absolute Gasteiger partial charge is 0.269 e. The van der Waals surface area contributed by atoms with E-state index >= 15 is 4.39 Å². The monoisotopic (exact) mass is 673 g/mol. The number of carbonyl (C=O) groups excluding carboxylic acids is 2. The van der Waals surface area contributed by atoms with Gasteiger partial charge in [0.2, 0.25) is 5.91 Å². The number of nitrogens with zero attached hydrogens (tertiary/aromatic N) is 6. The highest BCUT2D eigenvalue weighted by molar-refractivity contribution is 6.15.